The Kier molecular flexibility index (Phi) is 6.02. The Balaban J connectivity index is 1.37. The van der Waals surface area contributed by atoms with Crippen molar-refractivity contribution < 1.29 is 0 Å². The first-order valence-electron chi connectivity index (χ1n) is 18.4. The number of nitrogens with zero attached hydrogens (tertiary/aromatic N) is 1. The van der Waals surface area contributed by atoms with Gasteiger partial charge in [0.15, 0.2) is 0 Å². The summed E-state index contributed by atoms with van der Waals surface area (Å²) in [5.41, 5.74) is 14.3. The lowest BCUT2D eigenvalue weighted by Gasteiger charge is -2.33. The molecule has 0 N–H and O–H groups in total. The molecule has 52 heavy (non-hydrogen) atoms. The van der Waals surface area contributed by atoms with Gasteiger partial charge in [0.05, 0.1) is 21.8 Å². The number of rotatable bonds is 3. The van der Waals surface area contributed by atoms with Gasteiger partial charge in [-0.25, -0.2) is 0 Å². The molecular weight excluding hydrogens is 647 g/mol. The minimum Gasteiger partial charge on any atom is -0.308 e. The molecule has 2 heteroatoms. The molecule has 248 valence electrons. The number of hydrogen-bond acceptors (Lipinski definition) is 2. The van der Waals surface area contributed by atoms with Crippen molar-refractivity contribution in [1.29, 1.82) is 0 Å². The minimum absolute atomic E-state index is 0.170. The van der Waals surface area contributed by atoms with E-state index in [0.29, 0.717) is 0 Å². The van der Waals surface area contributed by atoms with Gasteiger partial charge in [0.25, 0.3) is 0 Å². The Morgan fingerprint density at radius 3 is 1.46 bits per heavy atom. The molecule has 0 amide bonds. The van der Waals surface area contributed by atoms with Gasteiger partial charge in [-0.2, -0.15) is 0 Å². The first kappa shape index (κ1) is 30.0. The third-order valence-electron chi connectivity index (χ3n) is 12.2. The highest BCUT2D eigenvalue weighted by Crippen LogP contribution is 2.61. The third-order valence-corrected chi connectivity index (χ3v) is 13.4. The van der Waals surface area contributed by atoms with Crippen LogP contribution in [0.4, 0.5) is 17.1 Å². The third kappa shape index (κ3) is 3.83. The van der Waals surface area contributed by atoms with Crippen molar-refractivity contribution in [3.05, 3.63) is 174 Å². The van der Waals surface area contributed by atoms with Crippen LogP contribution in [0, 0.1) is 0 Å². The maximum atomic E-state index is 2.66. The van der Waals surface area contributed by atoms with Crippen LogP contribution in [0.2, 0.25) is 0 Å². The van der Waals surface area contributed by atoms with Crippen LogP contribution in [0.3, 0.4) is 0 Å². The summed E-state index contributed by atoms with van der Waals surface area (Å²) < 4.78 is 2.62. The van der Waals surface area contributed by atoms with Gasteiger partial charge in [-0.3, -0.25) is 0 Å². The summed E-state index contributed by atoms with van der Waals surface area (Å²) in [6.45, 7) is 9.66. The van der Waals surface area contributed by atoms with Gasteiger partial charge in [0, 0.05) is 37.4 Å². The van der Waals surface area contributed by atoms with Crippen molar-refractivity contribution in [3.63, 3.8) is 0 Å². The second-order valence-electron chi connectivity index (χ2n) is 15.7. The van der Waals surface area contributed by atoms with Crippen LogP contribution in [0.1, 0.15) is 49.9 Å². The number of thiophene rings is 1. The van der Waals surface area contributed by atoms with E-state index in [1.54, 1.807) is 0 Å². The summed E-state index contributed by atoms with van der Waals surface area (Å²) in [6, 6.07) is 57.1. The van der Waals surface area contributed by atoms with Crippen LogP contribution in [0.5, 0.6) is 0 Å². The summed E-state index contributed by atoms with van der Waals surface area (Å²) in [6.07, 6.45) is 0. The van der Waals surface area contributed by atoms with Gasteiger partial charge < -0.3 is 4.90 Å². The molecule has 9 aromatic rings. The van der Waals surface area contributed by atoms with Crippen molar-refractivity contribution in [1.82, 2.24) is 0 Å². The lowest BCUT2D eigenvalue weighted by atomic mass is 9.79. The van der Waals surface area contributed by atoms with Crippen LogP contribution in [-0.4, -0.2) is 0 Å². The molecule has 0 saturated heterocycles. The molecule has 0 atom stereocenters. The lowest BCUT2D eigenvalue weighted by molar-refractivity contribution is 0.666. The monoisotopic (exact) mass is 683 g/mol. The van der Waals surface area contributed by atoms with Crippen LogP contribution in [0.25, 0.3) is 64.0 Å². The summed E-state index contributed by atoms with van der Waals surface area (Å²) in [5.74, 6) is 0. The van der Waals surface area contributed by atoms with E-state index in [2.05, 4.69) is 184 Å². The summed E-state index contributed by atoms with van der Waals surface area (Å²) in [5, 5.41) is 7.82. The van der Waals surface area contributed by atoms with Gasteiger partial charge in [0.1, 0.15) is 0 Å². The quantitative estimate of drug-likeness (QED) is 0.179. The maximum absolute atomic E-state index is 2.66. The van der Waals surface area contributed by atoms with Gasteiger partial charge in [-0.15, -0.1) is 11.3 Å². The van der Waals surface area contributed by atoms with Crippen LogP contribution >= 0.6 is 11.3 Å². The molecule has 1 heterocycles. The number of fused-ring (bicyclic) bond motifs is 13. The molecule has 0 saturated carbocycles. The van der Waals surface area contributed by atoms with Crippen molar-refractivity contribution in [2.75, 3.05) is 4.90 Å². The molecule has 8 aromatic carbocycles. The highest BCUT2D eigenvalue weighted by molar-refractivity contribution is 7.26. The predicted molar refractivity (Wildman–Crippen MR) is 224 cm³/mol. The van der Waals surface area contributed by atoms with E-state index in [9.17, 15) is 0 Å². The zero-order valence-electron chi connectivity index (χ0n) is 29.8. The van der Waals surface area contributed by atoms with Crippen molar-refractivity contribution in [2.45, 2.75) is 38.5 Å². The smallest absolute Gasteiger partial charge is 0.0640 e. The van der Waals surface area contributed by atoms with Crippen molar-refractivity contribution >= 4 is 70.1 Å². The van der Waals surface area contributed by atoms with E-state index in [4.69, 9.17) is 0 Å². The molecule has 1 aromatic heterocycles. The molecule has 0 unspecified atom stereocenters. The van der Waals surface area contributed by atoms with E-state index in [1.165, 1.54) is 103 Å². The van der Waals surface area contributed by atoms with Gasteiger partial charge in [-0.1, -0.05) is 155 Å². The number of anilines is 3. The zero-order valence-corrected chi connectivity index (χ0v) is 30.6. The van der Waals surface area contributed by atoms with E-state index >= 15 is 0 Å². The zero-order chi connectivity index (χ0) is 34.9. The van der Waals surface area contributed by atoms with Crippen LogP contribution in [0.15, 0.2) is 152 Å². The second kappa shape index (κ2) is 10.4. The Bertz CT molecular complexity index is 2830. The number of hydrogen-bond donors (Lipinski definition) is 0. The predicted octanol–water partition coefficient (Wildman–Crippen LogP) is 14.4. The normalized spacial score (nSPS) is 14.8. The van der Waals surface area contributed by atoms with E-state index in [-0.39, 0.29) is 10.8 Å². The Hall–Kier alpha value is -5.70. The molecule has 0 bridgehead atoms. The van der Waals surface area contributed by atoms with Crippen molar-refractivity contribution in [2.24, 2.45) is 0 Å². The molecule has 0 spiro atoms. The van der Waals surface area contributed by atoms with Gasteiger partial charge in [-0.05, 0) is 79.2 Å². The molecule has 1 nitrogen and oxygen atoms in total. The fourth-order valence-electron chi connectivity index (χ4n) is 9.92. The molecule has 11 rings (SSSR count). The first-order chi connectivity index (χ1) is 25.3. The Morgan fingerprint density at radius 1 is 0.423 bits per heavy atom. The molecule has 2 aliphatic rings. The van der Waals surface area contributed by atoms with Crippen molar-refractivity contribution in [3.8, 4) is 22.3 Å². The molecule has 0 fully saturated rings. The fourth-order valence-corrected chi connectivity index (χ4v) is 11.1. The fraction of sp³-hybridized carbons (Fsp3) is 0.120. The van der Waals surface area contributed by atoms with E-state index in [1.807, 2.05) is 11.3 Å². The van der Waals surface area contributed by atoms with E-state index in [0.717, 1.165) is 0 Å². The maximum Gasteiger partial charge on any atom is 0.0640 e. The molecular formula is C50H37NS. The summed E-state index contributed by atoms with van der Waals surface area (Å²) in [7, 11) is 0. The van der Waals surface area contributed by atoms with E-state index < -0.39 is 0 Å². The lowest BCUT2D eigenvalue weighted by Crippen LogP contribution is -2.18. The summed E-state index contributed by atoms with van der Waals surface area (Å²) >= 11 is 1.91. The molecule has 0 aliphatic heterocycles. The Labute approximate surface area is 308 Å². The van der Waals surface area contributed by atoms with Gasteiger partial charge >= 0.3 is 0 Å². The SMILES string of the molecule is CC1(C)c2ccccc2-c2c(N(c3cc4ccccc4c4c3-c3ccccc3C4(C)C)c3cccc4c3sc3ccccc34)cc3ccccc3c21. The molecule has 2 aliphatic carbocycles. The first-order valence-corrected chi connectivity index (χ1v) is 19.2. The largest absolute Gasteiger partial charge is 0.308 e. The number of benzene rings is 8. The standard InChI is InChI=1S/C50H37NS/c1-49(2)38-24-12-9-21-36(38)44-41(28-30-16-5-7-18-32(30)46(44)49)51(40-26-15-23-35-34-20-11-14-27-43(34)52-48(35)40)42-29-31-17-6-8-19-33(31)47-45(42)37-22-10-13-25-39(37)50(47,3)4/h5-29H,1-4H3. The average molecular weight is 684 g/mol. The van der Waals surface area contributed by atoms with Crippen LogP contribution < -0.4 is 4.90 Å². The minimum atomic E-state index is -0.170. The topological polar surface area (TPSA) is 3.24 Å². The van der Waals surface area contributed by atoms with Crippen LogP contribution in [-0.2, 0) is 10.8 Å². The molecule has 0 radical (unpaired) electrons. The second-order valence-corrected chi connectivity index (χ2v) is 16.7. The Morgan fingerprint density at radius 2 is 0.885 bits per heavy atom. The average Bonchev–Trinajstić information content (AvgIpc) is 3.76. The summed E-state index contributed by atoms with van der Waals surface area (Å²) in [4.78, 5) is 2.66. The highest BCUT2D eigenvalue weighted by Gasteiger charge is 2.43. The van der Waals surface area contributed by atoms with Gasteiger partial charge in [0.2, 0.25) is 0 Å². The highest BCUT2D eigenvalue weighted by atomic mass is 32.1.